The van der Waals surface area contributed by atoms with Crippen molar-refractivity contribution in [2.75, 3.05) is 6.54 Å². The van der Waals surface area contributed by atoms with Gasteiger partial charge < -0.3 is 9.88 Å². The minimum absolute atomic E-state index is 0.0881. The molecule has 0 unspecified atom stereocenters. The van der Waals surface area contributed by atoms with Crippen LogP contribution in [-0.4, -0.2) is 41.8 Å². The summed E-state index contributed by atoms with van der Waals surface area (Å²) in [6.45, 7) is 5.26. The van der Waals surface area contributed by atoms with Crippen molar-refractivity contribution in [3.05, 3.63) is 60.3 Å². The Morgan fingerprint density at radius 1 is 1.18 bits per heavy atom. The smallest absolute Gasteiger partial charge is 0.240 e. The highest BCUT2D eigenvalue weighted by atomic mass is 16.1. The number of aryl methyl sites for hydroxylation is 2. The highest BCUT2D eigenvalue weighted by Gasteiger charge is 2.16. The molecule has 1 N–H and O–H groups in total. The summed E-state index contributed by atoms with van der Waals surface area (Å²) >= 11 is 0. The third-order valence-corrected chi connectivity index (χ3v) is 4.50. The fourth-order valence-electron chi connectivity index (χ4n) is 3.25. The van der Waals surface area contributed by atoms with Crippen molar-refractivity contribution in [1.82, 2.24) is 34.6 Å². The number of benzene rings is 1. The SMILES string of the molecule is Cc1cc(C)n(CCNC(=O)Cn2c(-c3cnccn3)nc3ccccc32)n1. The predicted molar refractivity (Wildman–Crippen MR) is 105 cm³/mol. The van der Waals surface area contributed by atoms with Crippen LogP contribution in [0.3, 0.4) is 0 Å². The second-order valence-electron chi connectivity index (χ2n) is 6.60. The van der Waals surface area contributed by atoms with Crippen LogP contribution in [0, 0.1) is 13.8 Å². The quantitative estimate of drug-likeness (QED) is 0.557. The highest BCUT2D eigenvalue weighted by Crippen LogP contribution is 2.22. The molecule has 4 aromatic rings. The maximum absolute atomic E-state index is 12.6. The Morgan fingerprint density at radius 3 is 2.79 bits per heavy atom. The average molecular weight is 375 g/mol. The zero-order chi connectivity index (χ0) is 19.5. The lowest BCUT2D eigenvalue weighted by Crippen LogP contribution is -2.31. The first kappa shape index (κ1) is 17.8. The fraction of sp³-hybridized carbons (Fsp3) is 0.250. The van der Waals surface area contributed by atoms with Gasteiger partial charge in [-0.05, 0) is 32.0 Å². The summed E-state index contributed by atoms with van der Waals surface area (Å²) in [6, 6.07) is 9.75. The topological polar surface area (TPSA) is 90.5 Å². The number of carbonyl (C=O) groups excluding carboxylic acids is 1. The molecule has 0 saturated carbocycles. The van der Waals surface area contributed by atoms with Gasteiger partial charge in [0.05, 0.1) is 29.5 Å². The van der Waals surface area contributed by atoms with Crippen LogP contribution < -0.4 is 5.32 Å². The van der Waals surface area contributed by atoms with E-state index >= 15 is 0 Å². The van der Waals surface area contributed by atoms with Crippen molar-refractivity contribution < 1.29 is 4.79 Å². The molecule has 0 spiro atoms. The molecule has 0 aliphatic rings. The molecule has 28 heavy (non-hydrogen) atoms. The van der Waals surface area contributed by atoms with Gasteiger partial charge in [-0.1, -0.05) is 12.1 Å². The predicted octanol–water partition coefficient (Wildman–Crippen LogP) is 2.12. The van der Waals surface area contributed by atoms with Crippen molar-refractivity contribution >= 4 is 16.9 Å². The molecule has 0 atom stereocenters. The number of nitrogens with one attached hydrogen (secondary N) is 1. The molecule has 0 radical (unpaired) electrons. The first-order chi connectivity index (χ1) is 13.6. The summed E-state index contributed by atoms with van der Waals surface area (Å²) in [5, 5.41) is 7.38. The molecular formula is C20H21N7O. The van der Waals surface area contributed by atoms with E-state index in [4.69, 9.17) is 0 Å². The van der Waals surface area contributed by atoms with Crippen molar-refractivity contribution in [3.63, 3.8) is 0 Å². The van der Waals surface area contributed by atoms with Crippen LogP contribution in [0.5, 0.6) is 0 Å². The number of imidazole rings is 1. The molecule has 142 valence electrons. The molecule has 0 bridgehead atoms. The summed E-state index contributed by atoms with van der Waals surface area (Å²) < 4.78 is 3.77. The monoisotopic (exact) mass is 375 g/mol. The second-order valence-corrected chi connectivity index (χ2v) is 6.60. The Morgan fingerprint density at radius 2 is 2.04 bits per heavy atom. The molecule has 8 nitrogen and oxygen atoms in total. The van der Waals surface area contributed by atoms with Crippen LogP contribution in [-0.2, 0) is 17.9 Å². The van der Waals surface area contributed by atoms with E-state index in [2.05, 4.69) is 25.4 Å². The third kappa shape index (κ3) is 3.62. The molecule has 0 aliphatic heterocycles. The largest absolute Gasteiger partial charge is 0.353 e. The molecule has 1 amide bonds. The van der Waals surface area contributed by atoms with Crippen LogP contribution in [0.1, 0.15) is 11.4 Å². The van der Waals surface area contributed by atoms with Crippen molar-refractivity contribution in [1.29, 1.82) is 0 Å². The molecule has 0 saturated heterocycles. The van der Waals surface area contributed by atoms with Crippen molar-refractivity contribution in [2.24, 2.45) is 0 Å². The lowest BCUT2D eigenvalue weighted by Gasteiger charge is -2.10. The number of nitrogens with zero attached hydrogens (tertiary/aromatic N) is 6. The fourth-order valence-corrected chi connectivity index (χ4v) is 3.25. The minimum atomic E-state index is -0.0881. The van der Waals surface area contributed by atoms with Gasteiger partial charge in [-0.2, -0.15) is 5.10 Å². The van der Waals surface area contributed by atoms with E-state index in [-0.39, 0.29) is 12.5 Å². The summed E-state index contributed by atoms with van der Waals surface area (Å²) in [7, 11) is 0. The summed E-state index contributed by atoms with van der Waals surface area (Å²) in [6.07, 6.45) is 4.88. The number of para-hydroxylation sites is 2. The third-order valence-electron chi connectivity index (χ3n) is 4.50. The average Bonchev–Trinajstić information content (AvgIpc) is 3.22. The molecule has 4 rings (SSSR count). The number of aromatic nitrogens is 6. The van der Waals surface area contributed by atoms with E-state index < -0.39 is 0 Å². The minimum Gasteiger partial charge on any atom is -0.353 e. The van der Waals surface area contributed by atoms with E-state index in [1.807, 2.05) is 53.4 Å². The molecular weight excluding hydrogens is 354 g/mol. The van der Waals surface area contributed by atoms with Gasteiger partial charge in [0, 0.05) is 24.6 Å². The number of hydrogen-bond acceptors (Lipinski definition) is 5. The van der Waals surface area contributed by atoms with E-state index in [1.165, 1.54) is 0 Å². The molecule has 3 heterocycles. The van der Waals surface area contributed by atoms with Crippen LogP contribution in [0.25, 0.3) is 22.6 Å². The Bertz CT molecular complexity index is 1110. The number of hydrogen-bond donors (Lipinski definition) is 1. The summed E-state index contributed by atoms with van der Waals surface area (Å²) in [5.74, 6) is 0.540. The lowest BCUT2D eigenvalue weighted by molar-refractivity contribution is -0.121. The van der Waals surface area contributed by atoms with Gasteiger partial charge in [-0.3, -0.25) is 14.5 Å². The van der Waals surface area contributed by atoms with Crippen LogP contribution >= 0.6 is 0 Å². The Balaban J connectivity index is 1.52. The van der Waals surface area contributed by atoms with Gasteiger partial charge in [0.15, 0.2) is 5.82 Å². The normalized spacial score (nSPS) is 11.1. The Kier molecular flexibility index (Phi) is 4.84. The maximum atomic E-state index is 12.6. The Hall–Kier alpha value is -3.55. The lowest BCUT2D eigenvalue weighted by atomic mass is 10.3. The molecule has 0 aliphatic carbocycles. The van der Waals surface area contributed by atoms with Crippen LogP contribution in [0.15, 0.2) is 48.9 Å². The first-order valence-electron chi connectivity index (χ1n) is 9.11. The number of amides is 1. The summed E-state index contributed by atoms with van der Waals surface area (Å²) in [4.78, 5) is 25.7. The van der Waals surface area contributed by atoms with Crippen molar-refractivity contribution in [3.8, 4) is 11.5 Å². The molecule has 8 heteroatoms. The highest BCUT2D eigenvalue weighted by molar-refractivity contribution is 5.84. The zero-order valence-electron chi connectivity index (χ0n) is 15.8. The van der Waals surface area contributed by atoms with Crippen LogP contribution in [0.2, 0.25) is 0 Å². The van der Waals surface area contributed by atoms with E-state index in [0.29, 0.717) is 24.6 Å². The second kappa shape index (κ2) is 7.59. The first-order valence-corrected chi connectivity index (χ1v) is 9.11. The number of fused-ring (bicyclic) bond motifs is 1. The number of rotatable bonds is 6. The van der Waals surface area contributed by atoms with Gasteiger partial charge in [-0.25, -0.2) is 9.97 Å². The number of carbonyl (C=O) groups is 1. The maximum Gasteiger partial charge on any atom is 0.240 e. The zero-order valence-corrected chi connectivity index (χ0v) is 15.8. The van der Waals surface area contributed by atoms with E-state index in [0.717, 1.165) is 22.4 Å². The molecule has 3 aromatic heterocycles. The standard InChI is InChI=1S/C20H21N7O/c1-14-11-15(2)27(25-14)10-9-23-19(28)13-26-18-6-4-3-5-16(18)24-20(26)17-12-21-7-8-22-17/h3-8,11-12H,9-10,13H2,1-2H3,(H,23,28). The molecule has 0 fully saturated rings. The van der Waals surface area contributed by atoms with Gasteiger partial charge in [0.25, 0.3) is 0 Å². The van der Waals surface area contributed by atoms with Gasteiger partial charge >= 0.3 is 0 Å². The Labute approximate surface area is 162 Å². The summed E-state index contributed by atoms with van der Waals surface area (Å²) in [5.41, 5.74) is 4.39. The van der Waals surface area contributed by atoms with Gasteiger partial charge in [-0.15, -0.1) is 0 Å². The van der Waals surface area contributed by atoms with Crippen molar-refractivity contribution in [2.45, 2.75) is 26.9 Å². The van der Waals surface area contributed by atoms with Gasteiger partial charge in [0.1, 0.15) is 12.2 Å². The van der Waals surface area contributed by atoms with E-state index in [1.54, 1.807) is 18.6 Å². The van der Waals surface area contributed by atoms with E-state index in [9.17, 15) is 4.79 Å². The van der Waals surface area contributed by atoms with Gasteiger partial charge in [0.2, 0.25) is 5.91 Å². The molecule has 1 aromatic carbocycles. The van der Waals surface area contributed by atoms with Crippen LogP contribution in [0.4, 0.5) is 0 Å².